The van der Waals surface area contributed by atoms with Crippen LogP contribution in [0.25, 0.3) is 0 Å². The Bertz CT molecular complexity index is 721. The number of rotatable bonds is 3. The molecule has 0 radical (unpaired) electrons. The number of thiophene rings is 1. The van der Waals surface area contributed by atoms with E-state index in [0.717, 1.165) is 29.7 Å². The van der Waals surface area contributed by atoms with Crippen molar-refractivity contribution in [1.29, 1.82) is 0 Å². The fraction of sp³-hybridized carbons (Fsp3) is 0.294. The number of benzene rings is 1. The van der Waals surface area contributed by atoms with Gasteiger partial charge in [-0.25, -0.2) is 0 Å². The molecule has 0 spiro atoms. The van der Waals surface area contributed by atoms with E-state index in [1.165, 1.54) is 11.3 Å². The lowest BCUT2D eigenvalue weighted by Gasteiger charge is -2.19. The van der Waals surface area contributed by atoms with Gasteiger partial charge in [-0.05, 0) is 42.9 Å². The summed E-state index contributed by atoms with van der Waals surface area (Å²) in [4.78, 5) is 24.8. The topological polar surface area (TPSA) is 69.2 Å². The second kappa shape index (κ2) is 5.93. The third kappa shape index (κ3) is 2.76. The molecule has 2 aromatic rings. The van der Waals surface area contributed by atoms with Gasteiger partial charge in [-0.3, -0.25) is 4.79 Å². The Morgan fingerprint density at radius 1 is 1.27 bits per heavy atom. The number of fused-ring (bicyclic) bond motifs is 1. The van der Waals surface area contributed by atoms with E-state index in [1.807, 2.05) is 6.07 Å². The molecule has 1 aromatic carbocycles. The van der Waals surface area contributed by atoms with E-state index in [9.17, 15) is 14.7 Å². The SMILES string of the molecule is CC1CCc2c(sc(NC(=O)c3ccccc3)c2C(=O)[O-])C1. The fourth-order valence-electron chi connectivity index (χ4n) is 2.82. The van der Waals surface area contributed by atoms with Gasteiger partial charge in [0.25, 0.3) is 5.91 Å². The Kier molecular flexibility index (Phi) is 3.98. The highest BCUT2D eigenvalue weighted by molar-refractivity contribution is 7.17. The first-order valence-corrected chi connectivity index (χ1v) is 8.10. The number of anilines is 1. The van der Waals surface area contributed by atoms with Crippen LogP contribution < -0.4 is 10.4 Å². The van der Waals surface area contributed by atoms with E-state index in [1.54, 1.807) is 24.3 Å². The van der Waals surface area contributed by atoms with Crippen LogP contribution in [0, 0.1) is 5.92 Å². The second-order valence-corrected chi connectivity index (χ2v) is 6.77. The van der Waals surface area contributed by atoms with Crippen LogP contribution in [0.5, 0.6) is 0 Å². The first kappa shape index (κ1) is 14.8. The van der Waals surface area contributed by atoms with E-state index in [2.05, 4.69) is 12.2 Å². The molecule has 22 heavy (non-hydrogen) atoms. The summed E-state index contributed by atoms with van der Waals surface area (Å²) in [5.41, 5.74) is 1.51. The third-order valence-corrected chi connectivity index (χ3v) is 5.15. The van der Waals surface area contributed by atoms with Crippen LogP contribution in [0.3, 0.4) is 0 Å². The molecule has 1 heterocycles. The average Bonchev–Trinajstić information content (AvgIpc) is 2.85. The number of amides is 1. The van der Waals surface area contributed by atoms with Crippen molar-refractivity contribution in [2.75, 3.05) is 5.32 Å². The van der Waals surface area contributed by atoms with Gasteiger partial charge in [0.1, 0.15) is 5.00 Å². The first-order chi connectivity index (χ1) is 10.6. The number of hydrogen-bond donors (Lipinski definition) is 1. The number of aromatic carboxylic acids is 1. The molecule has 0 bridgehead atoms. The quantitative estimate of drug-likeness (QED) is 0.946. The van der Waals surface area contributed by atoms with Gasteiger partial charge in [-0.2, -0.15) is 0 Å². The monoisotopic (exact) mass is 314 g/mol. The summed E-state index contributed by atoms with van der Waals surface area (Å²) >= 11 is 1.36. The number of carbonyl (C=O) groups excluding carboxylic acids is 2. The van der Waals surface area contributed by atoms with Crippen molar-refractivity contribution in [3.8, 4) is 0 Å². The molecule has 4 nitrogen and oxygen atoms in total. The van der Waals surface area contributed by atoms with Crippen molar-refractivity contribution in [2.45, 2.75) is 26.2 Å². The van der Waals surface area contributed by atoms with Gasteiger partial charge < -0.3 is 15.2 Å². The highest BCUT2D eigenvalue weighted by Gasteiger charge is 2.25. The van der Waals surface area contributed by atoms with Gasteiger partial charge in [0.2, 0.25) is 0 Å². The summed E-state index contributed by atoms with van der Waals surface area (Å²) in [5, 5.41) is 14.6. The molecular formula is C17H16NO3S-. The van der Waals surface area contributed by atoms with Crippen molar-refractivity contribution in [3.05, 3.63) is 51.9 Å². The number of carboxylic acid groups (broad SMARTS) is 1. The molecule has 5 heteroatoms. The van der Waals surface area contributed by atoms with E-state index in [0.29, 0.717) is 16.5 Å². The predicted molar refractivity (Wildman–Crippen MR) is 84.2 cm³/mol. The van der Waals surface area contributed by atoms with E-state index >= 15 is 0 Å². The van der Waals surface area contributed by atoms with Crippen LogP contribution in [-0.2, 0) is 12.8 Å². The summed E-state index contributed by atoms with van der Waals surface area (Å²) < 4.78 is 0. The zero-order chi connectivity index (χ0) is 15.7. The van der Waals surface area contributed by atoms with E-state index in [-0.39, 0.29) is 11.5 Å². The van der Waals surface area contributed by atoms with Gasteiger partial charge in [0.15, 0.2) is 0 Å². The minimum atomic E-state index is -1.21. The van der Waals surface area contributed by atoms with Crippen LogP contribution in [0.1, 0.15) is 44.5 Å². The Labute approximate surface area is 132 Å². The van der Waals surface area contributed by atoms with Crippen molar-refractivity contribution >= 4 is 28.2 Å². The smallest absolute Gasteiger partial charge is 0.256 e. The van der Waals surface area contributed by atoms with Crippen LogP contribution in [-0.4, -0.2) is 11.9 Å². The van der Waals surface area contributed by atoms with Crippen molar-refractivity contribution in [3.63, 3.8) is 0 Å². The molecule has 114 valence electrons. The zero-order valence-electron chi connectivity index (χ0n) is 12.2. The molecule has 1 amide bonds. The number of carboxylic acids is 1. The third-order valence-electron chi connectivity index (χ3n) is 3.98. The van der Waals surface area contributed by atoms with Gasteiger partial charge in [-0.1, -0.05) is 25.1 Å². The molecule has 1 aromatic heterocycles. The summed E-state index contributed by atoms with van der Waals surface area (Å²) in [7, 11) is 0. The standard InChI is InChI=1S/C17H17NO3S/c1-10-7-8-12-13(9-10)22-16(14(12)17(20)21)18-15(19)11-5-3-2-4-6-11/h2-6,10H,7-9H2,1H3,(H,18,19)(H,20,21)/p-1. The van der Waals surface area contributed by atoms with Crippen molar-refractivity contribution in [1.82, 2.24) is 0 Å². The Morgan fingerprint density at radius 2 is 2.00 bits per heavy atom. The molecule has 1 unspecified atom stereocenters. The lowest BCUT2D eigenvalue weighted by atomic mass is 9.88. The van der Waals surface area contributed by atoms with Gasteiger partial charge in [-0.15, -0.1) is 11.3 Å². The van der Waals surface area contributed by atoms with Gasteiger partial charge >= 0.3 is 0 Å². The number of hydrogen-bond acceptors (Lipinski definition) is 4. The van der Waals surface area contributed by atoms with Crippen LogP contribution in [0.4, 0.5) is 5.00 Å². The van der Waals surface area contributed by atoms with Crippen LogP contribution in [0.2, 0.25) is 0 Å². The fourth-order valence-corrected chi connectivity index (χ4v) is 4.21. The van der Waals surface area contributed by atoms with Crippen LogP contribution >= 0.6 is 11.3 Å². The lowest BCUT2D eigenvalue weighted by Crippen LogP contribution is -2.26. The highest BCUT2D eigenvalue weighted by atomic mass is 32.1. The molecule has 3 rings (SSSR count). The second-order valence-electron chi connectivity index (χ2n) is 5.66. The molecule has 1 aliphatic rings. The number of carbonyl (C=O) groups is 2. The Morgan fingerprint density at radius 3 is 2.68 bits per heavy atom. The minimum absolute atomic E-state index is 0.163. The first-order valence-electron chi connectivity index (χ1n) is 7.28. The molecule has 0 saturated heterocycles. The summed E-state index contributed by atoms with van der Waals surface area (Å²) in [6, 6.07) is 8.77. The molecule has 0 aliphatic heterocycles. The minimum Gasteiger partial charge on any atom is -0.545 e. The molecule has 1 N–H and O–H groups in total. The number of nitrogens with one attached hydrogen (secondary N) is 1. The van der Waals surface area contributed by atoms with E-state index in [4.69, 9.17) is 0 Å². The van der Waals surface area contributed by atoms with Crippen molar-refractivity contribution in [2.24, 2.45) is 5.92 Å². The van der Waals surface area contributed by atoms with Crippen LogP contribution in [0.15, 0.2) is 30.3 Å². The predicted octanol–water partition coefficient (Wildman–Crippen LogP) is 2.49. The largest absolute Gasteiger partial charge is 0.545 e. The van der Waals surface area contributed by atoms with E-state index < -0.39 is 5.97 Å². The van der Waals surface area contributed by atoms with Gasteiger partial charge in [0.05, 0.1) is 5.97 Å². The molecule has 0 saturated carbocycles. The summed E-state index contributed by atoms with van der Waals surface area (Å²) in [6.45, 7) is 2.16. The Balaban J connectivity index is 1.94. The molecule has 0 fully saturated rings. The maximum Gasteiger partial charge on any atom is 0.256 e. The molecule has 1 atom stereocenters. The normalized spacial score (nSPS) is 16.9. The summed E-state index contributed by atoms with van der Waals surface area (Å²) in [6.07, 6.45) is 2.56. The average molecular weight is 314 g/mol. The molecular weight excluding hydrogens is 298 g/mol. The van der Waals surface area contributed by atoms with Crippen molar-refractivity contribution < 1.29 is 14.7 Å². The lowest BCUT2D eigenvalue weighted by molar-refractivity contribution is -0.254. The van der Waals surface area contributed by atoms with Gasteiger partial charge in [0, 0.05) is 16.0 Å². The maximum atomic E-state index is 12.2. The highest BCUT2D eigenvalue weighted by Crippen LogP contribution is 2.39. The maximum absolute atomic E-state index is 12.2. The Hall–Kier alpha value is -2.14. The zero-order valence-corrected chi connectivity index (χ0v) is 13.0. The summed E-state index contributed by atoms with van der Waals surface area (Å²) in [5.74, 6) is -0.969. The molecule has 1 aliphatic carbocycles.